The number of aryl methyl sites for hydroxylation is 2. The molecule has 0 radical (unpaired) electrons. The zero-order valence-corrected chi connectivity index (χ0v) is 23.0. The van der Waals surface area contributed by atoms with Gasteiger partial charge in [0.25, 0.3) is 5.56 Å². The maximum absolute atomic E-state index is 13.7. The molecule has 3 heterocycles. The number of ether oxygens (including phenoxy) is 1. The number of aromatic nitrogens is 5. The van der Waals surface area contributed by atoms with Crippen LogP contribution in [0.5, 0.6) is 5.75 Å². The number of hydrogen-bond acceptors (Lipinski definition) is 7. The van der Waals surface area contributed by atoms with Gasteiger partial charge in [0.1, 0.15) is 11.8 Å². The SMILES string of the molecule is COc1ccc(Cn2nnnc2[C@@H](c2cc3cc(C)cc(C)c3[nH]c2=O)N2CCN(c3ccccc3)CC2)cc1. The van der Waals surface area contributed by atoms with Crippen LogP contribution >= 0.6 is 0 Å². The number of tetrazole rings is 1. The van der Waals surface area contributed by atoms with Crippen molar-refractivity contribution in [3.63, 3.8) is 0 Å². The van der Waals surface area contributed by atoms with Gasteiger partial charge in [0.2, 0.25) is 0 Å². The van der Waals surface area contributed by atoms with Gasteiger partial charge < -0.3 is 14.6 Å². The number of nitrogens with zero attached hydrogens (tertiary/aromatic N) is 6. The van der Waals surface area contributed by atoms with Crippen LogP contribution in [-0.2, 0) is 6.54 Å². The molecule has 1 N–H and O–H groups in total. The van der Waals surface area contributed by atoms with E-state index in [1.54, 1.807) is 11.8 Å². The highest BCUT2D eigenvalue weighted by molar-refractivity contribution is 5.83. The predicted octanol–water partition coefficient (Wildman–Crippen LogP) is 4.10. The molecule has 0 bridgehead atoms. The summed E-state index contributed by atoms with van der Waals surface area (Å²) < 4.78 is 7.12. The van der Waals surface area contributed by atoms with E-state index in [2.05, 4.69) is 73.6 Å². The minimum Gasteiger partial charge on any atom is -0.497 e. The van der Waals surface area contributed by atoms with E-state index in [9.17, 15) is 4.79 Å². The average Bonchev–Trinajstić information content (AvgIpc) is 3.42. The van der Waals surface area contributed by atoms with Crippen molar-refractivity contribution in [2.45, 2.75) is 26.4 Å². The van der Waals surface area contributed by atoms with Gasteiger partial charge in [-0.25, -0.2) is 4.68 Å². The molecular weight excluding hydrogens is 502 g/mol. The van der Waals surface area contributed by atoms with E-state index in [1.165, 1.54) is 5.69 Å². The fourth-order valence-corrected chi connectivity index (χ4v) is 5.71. The lowest BCUT2D eigenvalue weighted by Crippen LogP contribution is -2.49. The first-order valence-corrected chi connectivity index (χ1v) is 13.6. The Morgan fingerprint density at radius 3 is 2.42 bits per heavy atom. The molecule has 0 aliphatic carbocycles. The van der Waals surface area contributed by atoms with Gasteiger partial charge in [0.15, 0.2) is 5.82 Å². The predicted molar refractivity (Wildman–Crippen MR) is 156 cm³/mol. The molecule has 204 valence electrons. The Bertz CT molecular complexity index is 1670. The van der Waals surface area contributed by atoms with Crippen LogP contribution in [0.3, 0.4) is 0 Å². The number of aromatic amines is 1. The first-order valence-electron chi connectivity index (χ1n) is 13.6. The fourth-order valence-electron chi connectivity index (χ4n) is 5.71. The molecule has 0 unspecified atom stereocenters. The van der Waals surface area contributed by atoms with Crippen molar-refractivity contribution in [1.82, 2.24) is 30.1 Å². The maximum atomic E-state index is 13.7. The second kappa shape index (κ2) is 10.9. The van der Waals surface area contributed by atoms with E-state index in [-0.39, 0.29) is 5.56 Å². The van der Waals surface area contributed by atoms with E-state index < -0.39 is 6.04 Å². The molecule has 5 aromatic rings. The minimum atomic E-state index is -0.403. The lowest BCUT2D eigenvalue weighted by molar-refractivity contribution is 0.200. The van der Waals surface area contributed by atoms with Crippen molar-refractivity contribution >= 4 is 16.6 Å². The third-order valence-corrected chi connectivity index (χ3v) is 7.71. The molecule has 1 aliphatic heterocycles. The van der Waals surface area contributed by atoms with Crippen LogP contribution in [0, 0.1) is 13.8 Å². The molecule has 0 spiro atoms. The Labute approximate surface area is 233 Å². The monoisotopic (exact) mass is 535 g/mol. The molecule has 2 aromatic heterocycles. The number of fused-ring (bicyclic) bond motifs is 1. The molecule has 9 heteroatoms. The van der Waals surface area contributed by atoms with Crippen LogP contribution in [0.2, 0.25) is 0 Å². The van der Waals surface area contributed by atoms with Crippen LogP contribution in [0.4, 0.5) is 5.69 Å². The molecule has 1 fully saturated rings. The van der Waals surface area contributed by atoms with E-state index in [0.29, 0.717) is 17.9 Å². The van der Waals surface area contributed by atoms with E-state index in [4.69, 9.17) is 4.74 Å². The highest BCUT2D eigenvalue weighted by atomic mass is 16.5. The number of H-pyrrole nitrogens is 1. The van der Waals surface area contributed by atoms with Crippen LogP contribution in [0.15, 0.2) is 77.6 Å². The average molecular weight is 536 g/mol. The number of nitrogens with one attached hydrogen (secondary N) is 1. The normalized spacial score (nSPS) is 14.9. The van der Waals surface area contributed by atoms with E-state index in [0.717, 1.165) is 59.5 Å². The van der Waals surface area contributed by atoms with E-state index in [1.807, 2.05) is 43.3 Å². The topological polar surface area (TPSA) is 92.2 Å². The lowest BCUT2D eigenvalue weighted by atomic mass is 10.00. The third-order valence-electron chi connectivity index (χ3n) is 7.71. The van der Waals surface area contributed by atoms with Crippen molar-refractivity contribution in [1.29, 1.82) is 0 Å². The number of anilines is 1. The number of rotatable bonds is 7. The summed E-state index contributed by atoms with van der Waals surface area (Å²) >= 11 is 0. The molecule has 9 nitrogen and oxygen atoms in total. The lowest BCUT2D eigenvalue weighted by Gasteiger charge is -2.39. The molecule has 0 amide bonds. The van der Waals surface area contributed by atoms with Crippen LogP contribution in [0.1, 0.15) is 34.1 Å². The summed E-state index contributed by atoms with van der Waals surface area (Å²) in [6, 6.07) is 24.1. The highest BCUT2D eigenvalue weighted by Crippen LogP contribution is 2.30. The zero-order chi connectivity index (χ0) is 27.6. The van der Waals surface area contributed by atoms with Crippen molar-refractivity contribution in [2.24, 2.45) is 0 Å². The number of piperazine rings is 1. The fraction of sp³-hybridized carbons (Fsp3) is 0.290. The van der Waals surface area contributed by atoms with Gasteiger partial charge in [-0.1, -0.05) is 42.0 Å². The summed E-state index contributed by atoms with van der Waals surface area (Å²) in [6.45, 7) is 7.79. The van der Waals surface area contributed by atoms with Gasteiger partial charge >= 0.3 is 0 Å². The summed E-state index contributed by atoms with van der Waals surface area (Å²) in [5, 5.41) is 13.9. The summed E-state index contributed by atoms with van der Waals surface area (Å²) in [6.07, 6.45) is 0. The minimum absolute atomic E-state index is 0.117. The van der Waals surface area contributed by atoms with Crippen LogP contribution in [-0.4, -0.2) is 63.4 Å². The zero-order valence-electron chi connectivity index (χ0n) is 23.0. The molecular formula is C31H33N7O2. The Hall–Kier alpha value is -4.50. The maximum Gasteiger partial charge on any atom is 0.253 e. The largest absolute Gasteiger partial charge is 0.497 e. The Morgan fingerprint density at radius 1 is 0.950 bits per heavy atom. The first-order chi connectivity index (χ1) is 19.5. The third kappa shape index (κ3) is 5.08. The summed E-state index contributed by atoms with van der Waals surface area (Å²) in [5.41, 5.74) is 5.85. The Morgan fingerprint density at radius 2 is 1.70 bits per heavy atom. The molecule has 1 saturated heterocycles. The Balaban J connectivity index is 1.40. The number of pyridine rings is 1. The van der Waals surface area contributed by atoms with Gasteiger partial charge in [-0.3, -0.25) is 9.69 Å². The second-order valence-electron chi connectivity index (χ2n) is 10.4. The van der Waals surface area contributed by atoms with Crippen molar-refractivity contribution < 1.29 is 4.74 Å². The smallest absolute Gasteiger partial charge is 0.253 e. The molecule has 1 atom stereocenters. The van der Waals surface area contributed by atoms with Crippen LogP contribution < -0.4 is 15.2 Å². The van der Waals surface area contributed by atoms with E-state index >= 15 is 0 Å². The van der Waals surface area contributed by atoms with Gasteiger partial charge in [-0.15, -0.1) is 5.10 Å². The van der Waals surface area contributed by atoms with Gasteiger partial charge in [0.05, 0.1) is 19.2 Å². The number of para-hydroxylation sites is 1. The highest BCUT2D eigenvalue weighted by Gasteiger charge is 2.33. The number of benzene rings is 3. The Kier molecular flexibility index (Phi) is 7.04. The number of hydrogen-bond donors (Lipinski definition) is 1. The summed E-state index contributed by atoms with van der Waals surface area (Å²) in [7, 11) is 1.65. The summed E-state index contributed by atoms with van der Waals surface area (Å²) in [4.78, 5) is 21.6. The quantitative estimate of drug-likeness (QED) is 0.336. The molecule has 40 heavy (non-hydrogen) atoms. The second-order valence-corrected chi connectivity index (χ2v) is 10.4. The van der Waals surface area contributed by atoms with Gasteiger partial charge in [-0.05, 0) is 77.2 Å². The van der Waals surface area contributed by atoms with Crippen molar-refractivity contribution in [3.8, 4) is 5.75 Å². The summed E-state index contributed by atoms with van der Waals surface area (Å²) in [5.74, 6) is 1.45. The van der Waals surface area contributed by atoms with Crippen molar-refractivity contribution in [2.75, 3.05) is 38.2 Å². The molecule has 3 aromatic carbocycles. The molecule has 1 aliphatic rings. The number of methoxy groups -OCH3 is 1. The van der Waals surface area contributed by atoms with Gasteiger partial charge in [-0.2, -0.15) is 0 Å². The first kappa shape index (κ1) is 25.8. The van der Waals surface area contributed by atoms with Crippen LogP contribution in [0.25, 0.3) is 10.9 Å². The molecule has 6 rings (SSSR count). The van der Waals surface area contributed by atoms with Crippen molar-refractivity contribution in [3.05, 3.63) is 111 Å². The van der Waals surface area contributed by atoms with Gasteiger partial charge in [0, 0.05) is 37.4 Å². The standard InChI is InChI=1S/C31H33N7O2/c1-21-17-22(2)28-24(18-21)19-27(31(39)32-28)29(37-15-13-36(14-16-37)25-7-5-4-6-8-25)30-33-34-35-38(30)20-23-9-11-26(40-3)12-10-23/h4-12,17-19,29H,13-16,20H2,1-3H3,(H,32,39)/t29-/m1/s1. The molecule has 0 saturated carbocycles.